The van der Waals surface area contributed by atoms with Gasteiger partial charge >= 0.3 is 0 Å². The zero-order valence-corrected chi connectivity index (χ0v) is 19.0. The number of para-hydroxylation sites is 2. The van der Waals surface area contributed by atoms with Gasteiger partial charge in [-0.2, -0.15) is 0 Å². The SMILES string of the molecule is CN(C)C(=O)c1cc2cc(C3=CCCN(C(=O)C[C@H]4Oc5ccccc5NC4=O)C3)ccc2o1. The summed E-state index contributed by atoms with van der Waals surface area (Å²) in [7, 11) is 3.36. The number of hydrogen-bond acceptors (Lipinski definition) is 5. The smallest absolute Gasteiger partial charge is 0.289 e. The van der Waals surface area contributed by atoms with Gasteiger partial charge in [0.1, 0.15) is 11.3 Å². The maximum absolute atomic E-state index is 13.0. The molecule has 1 N–H and O–H groups in total. The average Bonchev–Trinajstić information content (AvgIpc) is 3.27. The first-order chi connectivity index (χ1) is 16.4. The molecule has 3 heterocycles. The minimum Gasteiger partial charge on any atom is -0.478 e. The van der Waals surface area contributed by atoms with Gasteiger partial charge in [0.25, 0.3) is 11.8 Å². The molecule has 0 fully saturated rings. The second kappa shape index (κ2) is 8.70. The molecule has 174 valence electrons. The molecule has 0 bridgehead atoms. The molecule has 0 unspecified atom stereocenters. The summed E-state index contributed by atoms with van der Waals surface area (Å²) in [6, 6.07) is 14.7. The summed E-state index contributed by atoms with van der Waals surface area (Å²) in [6.07, 6.45) is 1.96. The molecule has 2 aliphatic heterocycles. The van der Waals surface area contributed by atoms with Crippen LogP contribution in [0.1, 0.15) is 29.0 Å². The molecule has 0 saturated heterocycles. The lowest BCUT2D eigenvalue weighted by Crippen LogP contribution is -2.43. The quantitative estimate of drug-likeness (QED) is 0.644. The first-order valence-electron chi connectivity index (χ1n) is 11.2. The fraction of sp³-hybridized carbons (Fsp3) is 0.269. The number of carbonyl (C=O) groups excluding carboxylic acids is 3. The van der Waals surface area contributed by atoms with Crippen molar-refractivity contribution in [2.45, 2.75) is 18.9 Å². The van der Waals surface area contributed by atoms with E-state index < -0.39 is 6.10 Å². The van der Waals surface area contributed by atoms with Crippen LogP contribution in [0.2, 0.25) is 0 Å². The fourth-order valence-electron chi connectivity index (χ4n) is 4.25. The van der Waals surface area contributed by atoms with Crippen LogP contribution in [0.3, 0.4) is 0 Å². The molecule has 34 heavy (non-hydrogen) atoms. The average molecular weight is 460 g/mol. The minimum absolute atomic E-state index is 0.0236. The number of fused-ring (bicyclic) bond motifs is 2. The van der Waals surface area contributed by atoms with Gasteiger partial charge in [-0.05, 0) is 47.9 Å². The minimum atomic E-state index is -0.855. The molecule has 8 heteroatoms. The van der Waals surface area contributed by atoms with E-state index in [2.05, 4.69) is 11.4 Å². The number of ether oxygens (including phenoxy) is 1. The number of nitrogens with one attached hydrogen (secondary N) is 1. The Morgan fingerprint density at radius 3 is 2.79 bits per heavy atom. The molecule has 0 saturated carbocycles. The van der Waals surface area contributed by atoms with Crippen LogP contribution in [0.25, 0.3) is 16.5 Å². The lowest BCUT2D eigenvalue weighted by Gasteiger charge is -2.30. The van der Waals surface area contributed by atoms with Crippen molar-refractivity contribution in [2.24, 2.45) is 0 Å². The van der Waals surface area contributed by atoms with Crippen LogP contribution >= 0.6 is 0 Å². The van der Waals surface area contributed by atoms with E-state index in [9.17, 15) is 14.4 Å². The number of rotatable bonds is 4. The Bertz CT molecular complexity index is 1320. The molecule has 8 nitrogen and oxygen atoms in total. The van der Waals surface area contributed by atoms with Crippen molar-refractivity contribution in [2.75, 3.05) is 32.5 Å². The third-order valence-corrected chi connectivity index (χ3v) is 6.07. The number of benzene rings is 2. The summed E-state index contributed by atoms with van der Waals surface area (Å²) in [5.41, 5.74) is 3.24. The Morgan fingerprint density at radius 2 is 1.97 bits per heavy atom. The number of anilines is 1. The molecule has 2 aliphatic rings. The van der Waals surface area contributed by atoms with Gasteiger partial charge < -0.3 is 24.3 Å². The number of nitrogens with zero attached hydrogens (tertiary/aromatic N) is 2. The number of hydrogen-bond donors (Lipinski definition) is 1. The van der Waals surface area contributed by atoms with Gasteiger partial charge in [-0.15, -0.1) is 0 Å². The van der Waals surface area contributed by atoms with E-state index in [1.807, 2.05) is 30.3 Å². The highest BCUT2D eigenvalue weighted by Crippen LogP contribution is 2.31. The van der Waals surface area contributed by atoms with Gasteiger partial charge in [-0.25, -0.2) is 0 Å². The second-order valence-electron chi connectivity index (χ2n) is 8.69. The van der Waals surface area contributed by atoms with E-state index in [4.69, 9.17) is 9.15 Å². The third-order valence-electron chi connectivity index (χ3n) is 6.07. The number of amides is 3. The predicted octanol–water partition coefficient (Wildman–Crippen LogP) is 3.54. The van der Waals surface area contributed by atoms with Crippen LogP contribution in [0.5, 0.6) is 5.75 Å². The molecular weight excluding hydrogens is 434 g/mol. The summed E-state index contributed by atoms with van der Waals surface area (Å²) in [5, 5.41) is 3.64. The van der Waals surface area contributed by atoms with Crippen LogP contribution in [0.4, 0.5) is 5.69 Å². The molecule has 3 aromatic rings. The van der Waals surface area contributed by atoms with E-state index in [0.29, 0.717) is 35.9 Å². The highest BCUT2D eigenvalue weighted by molar-refractivity contribution is 6.00. The van der Waals surface area contributed by atoms with Crippen molar-refractivity contribution in [3.63, 3.8) is 0 Å². The van der Waals surface area contributed by atoms with Crippen molar-refractivity contribution in [3.05, 3.63) is 65.9 Å². The first kappa shape index (κ1) is 21.8. The highest BCUT2D eigenvalue weighted by atomic mass is 16.5. The number of furan rings is 1. The van der Waals surface area contributed by atoms with E-state index in [1.54, 1.807) is 37.2 Å². The van der Waals surface area contributed by atoms with Crippen LogP contribution in [-0.4, -0.2) is 60.8 Å². The summed E-state index contributed by atoms with van der Waals surface area (Å²) in [6.45, 7) is 1.03. The van der Waals surface area contributed by atoms with Crippen molar-refractivity contribution < 1.29 is 23.5 Å². The summed E-state index contributed by atoms with van der Waals surface area (Å²) in [5.74, 6) is 0.225. The standard InChI is InChI=1S/C26H25N3O5/c1-28(2)26(32)23-13-18-12-16(9-10-20(18)33-23)17-6-5-11-29(15-17)24(30)14-22-25(31)27-19-7-3-4-8-21(19)34-22/h3-4,6-10,12-13,22H,5,11,14-15H2,1-2H3,(H,27,31)/t22-/m1/s1. The van der Waals surface area contributed by atoms with E-state index >= 15 is 0 Å². The Kier molecular flexibility index (Phi) is 5.57. The Labute approximate surface area is 196 Å². The topological polar surface area (TPSA) is 92.1 Å². The Morgan fingerprint density at radius 1 is 1.15 bits per heavy atom. The van der Waals surface area contributed by atoms with E-state index in [1.165, 1.54) is 4.90 Å². The molecule has 1 atom stereocenters. The van der Waals surface area contributed by atoms with Crippen LogP contribution in [0, 0.1) is 0 Å². The van der Waals surface area contributed by atoms with E-state index in [-0.39, 0.29) is 24.1 Å². The molecule has 0 radical (unpaired) electrons. The summed E-state index contributed by atoms with van der Waals surface area (Å²) < 4.78 is 11.5. The van der Waals surface area contributed by atoms with Gasteiger partial charge in [0.05, 0.1) is 12.1 Å². The largest absolute Gasteiger partial charge is 0.478 e. The molecular formula is C26H25N3O5. The summed E-state index contributed by atoms with van der Waals surface area (Å²) >= 11 is 0. The van der Waals surface area contributed by atoms with Gasteiger partial charge in [0.2, 0.25) is 5.91 Å². The molecule has 0 spiro atoms. The third kappa shape index (κ3) is 4.14. The van der Waals surface area contributed by atoms with Crippen molar-refractivity contribution in [3.8, 4) is 5.75 Å². The van der Waals surface area contributed by atoms with Gasteiger partial charge in [0, 0.05) is 32.6 Å². The number of carbonyl (C=O) groups is 3. The normalized spacial score (nSPS) is 17.5. The molecule has 1 aromatic heterocycles. The second-order valence-corrected chi connectivity index (χ2v) is 8.69. The molecule has 0 aliphatic carbocycles. The molecule has 2 aromatic carbocycles. The maximum Gasteiger partial charge on any atom is 0.289 e. The summed E-state index contributed by atoms with van der Waals surface area (Å²) in [4.78, 5) is 40.9. The molecule has 3 amide bonds. The van der Waals surface area contributed by atoms with Gasteiger partial charge in [-0.3, -0.25) is 14.4 Å². The van der Waals surface area contributed by atoms with Crippen LogP contribution < -0.4 is 10.1 Å². The van der Waals surface area contributed by atoms with Gasteiger partial charge in [-0.1, -0.05) is 24.3 Å². The van der Waals surface area contributed by atoms with Crippen molar-refractivity contribution in [1.82, 2.24) is 9.80 Å². The van der Waals surface area contributed by atoms with Crippen molar-refractivity contribution in [1.29, 1.82) is 0 Å². The zero-order chi connectivity index (χ0) is 23.8. The molecule has 5 rings (SSSR count). The fourth-order valence-corrected chi connectivity index (χ4v) is 4.25. The lowest BCUT2D eigenvalue weighted by atomic mass is 9.99. The van der Waals surface area contributed by atoms with E-state index in [0.717, 1.165) is 22.9 Å². The lowest BCUT2D eigenvalue weighted by molar-refractivity contribution is -0.136. The van der Waals surface area contributed by atoms with Crippen molar-refractivity contribution >= 4 is 40.0 Å². The van der Waals surface area contributed by atoms with Gasteiger partial charge in [0.15, 0.2) is 11.9 Å². The monoisotopic (exact) mass is 459 g/mol. The Balaban J connectivity index is 1.28. The Hall–Kier alpha value is -4.07. The highest BCUT2D eigenvalue weighted by Gasteiger charge is 2.32. The maximum atomic E-state index is 13.0. The first-order valence-corrected chi connectivity index (χ1v) is 11.2. The van der Waals surface area contributed by atoms with Crippen LogP contribution in [0.15, 0.2) is 59.0 Å². The van der Waals surface area contributed by atoms with Crippen LogP contribution in [-0.2, 0) is 9.59 Å². The predicted molar refractivity (Wildman–Crippen MR) is 128 cm³/mol. The zero-order valence-electron chi connectivity index (χ0n) is 19.0.